The molecule has 2 aromatic rings. The fraction of sp³-hybridized carbons (Fsp3) is 0.294. The number of benzene rings is 1. The standard InChI is InChI=1S/C17H22N4O2/c1-18-17(21-12-14-5-3-4-9-19-14)20-10-8-13-6-7-15(23-2)11-16(13)22/h3-7,9,11,22H,8,10,12H2,1-2H3,(H2,18,20,21). The Bertz CT molecular complexity index is 644. The van der Waals surface area contributed by atoms with E-state index in [9.17, 15) is 5.11 Å². The minimum Gasteiger partial charge on any atom is -0.508 e. The topological polar surface area (TPSA) is 78.8 Å². The van der Waals surface area contributed by atoms with Crippen LogP contribution in [0.25, 0.3) is 0 Å². The number of aromatic nitrogens is 1. The van der Waals surface area contributed by atoms with Crippen LogP contribution in [0, 0.1) is 0 Å². The van der Waals surface area contributed by atoms with E-state index in [1.165, 1.54) is 0 Å². The molecule has 6 nitrogen and oxygen atoms in total. The number of phenolic OH excluding ortho intramolecular Hbond substituents is 1. The molecule has 23 heavy (non-hydrogen) atoms. The summed E-state index contributed by atoms with van der Waals surface area (Å²) in [6, 6.07) is 11.1. The van der Waals surface area contributed by atoms with Crippen LogP contribution in [0.5, 0.6) is 11.5 Å². The summed E-state index contributed by atoms with van der Waals surface area (Å²) in [5.74, 6) is 1.58. The Morgan fingerprint density at radius 3 is 2.78 bits per heavy atom. The van der Waals surface area contributed by atoms with E-state index in [0.29, 0.717) is 31.2 Å². The van der Waals surface area contributed by atoms with E-state index < -0.39 is 0 Å². The maximum absolute atomic E-state index is 9.94. The van der Waals surface area contributed by atoms with Gasteiger partial charge in [0.25, 0.3) is 0 Å². The van der Waals surface area contributed by atoms with E-state index in [0.717, 1.165) is 11.3 Å². The van der Waals surface area contributed by atoms with Crippen LogP contribution in [0.1, 0.15) is 11.3 Å². The fourth-order valence-electron chi connectivity index (χ4n) is 2.10. The van der Waals surface area contributed by atoms with E-state index in [1.807, 2.05) is 30.3 Å². The first-order chi connectivity index (χ1) is 11.2. The molecule has 122 valence electrons. The van der Waals surface area contributed by atoms with Crippen molar-refractivity contribution in [2.75, 3.05) is 20.7 Å². The molecular formula is C17H22N4O2. The smallest absolute Gasteiger partial charge is 0.191 e. The molecule has 0 aliphatic carbocycles. The van der Waals surface area contributed by atoms with Gasteiger partial charge in [0, 0.05) is 25.9 Å². The minimum atomic E-state index is 0.239. The zero-order chi connectivity index (χ0) is 16.5. The van der Waals surface area contributed by atoms with Crippen molar-refractivity contribution >= 4 is 5.96 Å². The second kappa shape index (κ2) is 8.63. The third-order valence-corrected chi connectivity index (χ3v) is 3.37. The molecule has 6 heteroatoms. The second-order valence-corrected chi connectivity index (χ2v) is 4.92. The quantitative estimate of drug-likeness (QED) is 0.559. The molecule has 0 amide bonds. The van der Waals surface area contributed by atoms with Crippen LogP contribution in [0.2, 0.25) is 0 Å². The Hall–Kier alpha value is -2.76. The number of hydrogen-bond acceptors (Lipinski definition) is 4. The Balaban J connectivity index is 1.80. The molecule has 0 aliphatic heterocycles. The van der Waals surface area contributed by atoms with Gasteiger partial charge in [0.05, 0.1) is 19.3 Å². The molecule has 0 atom stereocenters. The monoisotopic (exact) mass is 314 g/mol. The molecule has 0 spiro atoms. The first kappa shape index (κ1) is 16.6. The lowest BCUT2D eigenvalue weighted by Crippen LogP contribution is -2.38. The van der Waals surface area contributed by atoms with Gasteiger partial charge in [-0.1, -0.05) is 12.1 Å². The van der Waals surface area contributed by atoms with E-state index >= 15 is 0 Å². The maximum Gasteiger partial charge on any atom is 0.191 e. The van der Waals surface area contributed by atoms with Crippen LogP contribution in [0.3, 0.4) is 0 Å². The fourth-order valence-corrected chi connectivity index (χ4v) is 2.10. The number of guanidine groups is 1. The molecule has 0 unspecified atom stereocenters. The van der Waals surface area contributed by atoms with Gasteiger partial charge in [0.2, 0.25) is 0 Å². The largest absolute Gasteiger partial charge is 0.508 e. The molecule has 0 aliphatic rings. The first-order valence-corrected chi connectivity index (χ1v) is 7.43. The van der Waals surface area contributed by atoms with E-state index in [4.69, 9.17) is 4.74 Å². The van der Waals surface area contributed by atoms with Crippen LogP contribution in [-0.4, -0.2) is 36.8 Å². The third-order valence-electron chi connectivity index (χ3n) is 3.37. The summed E-state index contributed by atoms with van der Waals surface area (Å²) in [6.45, 7) is 1.26. The number of ether oxygens (including phenoxy) is 1. The van der Waals surface area contributed by atoms with Crippen molar-refractivity contribution in [2.45, 2.75) is 13.0 Å². The van der Waals surface area contributed by atoms with E-state index in [-0.39, 0.29) is 5.75 Å². The molecule has 0 saturated heterocycles. The van der Waals surface area contributed by atoms with Gasteiger partial charge >= 0.3 is 0 Å². The molecular weight excluding hydrogens is 292 g/mol. The molecule has 1 aromatic heterocycles. The SMILES string of the molecule is CN=C(NCCc1ccc(OC)cc1O)NCc1ccccn1. The van der Waals surface area contributed by atoms with Crippen LogP contribution >= 0.6 is 0 Å². The van der Waals surface area contributed by atoms with Gasteiger partial charge in [-0.3, -0.25) is 9.98 Å². The van der Waals surface area contributed by atoms with Gasteiger partial charge in [-0.15, -0.1) is 0 Å². The van der Waals surface area contributed by atoms with Gasteiger partial charge in [-0.05, 0) is 30.2 Å². The normalized spacial score (nSPS) is 11.1. The summed E-state index contributed by atoms with van der Waals surface area (Å²) in [5, 5.41) is 16.3. The molecule has 2 rings (SSSR count). The summed E-state index contributed by atoms with van der Waals surface area (Å²) in [7, 11) is 3.30. The van der Waals surface area contributed by atoms with Gasteiger partial charge in [-0.2, -0.15) is 0 Å². The highest BCUT2D eigenvalue weighted by molar-refractivity contribution is 5.79. The van der Waals surface area contributed by atoms with E-state index in [1.54, 1.807) is 26.4 Å². The van der Waals surface area contributed by atoms with Crippen molar-refractivity contribution in [3.8, 4) is 11.5 Å². The van der Waals surface area contributed by atoms with Crippen molar-refractivity contribution in [3.05, 3.63) is 53.9 Å². The molecule has 0 radical (unpaired) electrons. The Morgan fingerprint density at radius 1 is 1.26 bits per heavy atom. The lowest BCUT2D eigenvalue weighted by molar-refractivity contribution is 0.406. The Kier molecular flexibility index (Phi) is 6.23. The molecule has 0 bridgehead atoms. The number of phenols is 1. The number of hydrogen-bond donors (Lipinski definition) is 3. The van der Waals surface area contributed by atoms with Gasteiger partial charge < -0.3 is 20.5 Å². The van der Waals surface area contributed by atoms with Crippen LogP contribution in [-0.2, 0) is 13.0 Å². The Labute approximate surface area is 136 Å². The minimum absolute atomic E-state index is 0.239. The lowest BCUT2D eigenvalue weighted by atomic mass is 10.1. The van der Waals surface area contributed by atoms with Gasteiger partial charge in [0.15, 0.2) is 5.96 Å². The number of nitrogens with zero attached hydrogens (tertiary/aromatic N) is 2. The van der Waals surface area contributed by atoms with Crippen molar-refractivity contribution in [3.63, 3.8) is 0 Å². The van der Waals surface area contributed by atoms with Crippen LogP contribution in [0.15, 0.2) is 47.6 Å². The van der Waals surface area contributed by atoms with Crippen LogP contribution in [0.4, 0.5) is 0 Å². The van der Waals surface area contributed by atoms with Crippen molar-refractivity contribution in [1.29, 1.82) is 0 Å². The first-order valence-electron chi connectivity index (χ1n) is 7.43. The zero-order valence-corrected chi connectivity index (χ0v) is 13.4. The summed E-state index contributed by atoms with van der Waals surface area (Å²) in [5.41, 5.74) is 1.81. The highest BCUT2D eigenvalue weighted by Gasteiger charge is 2.04. The number of rotatable bonds is 6. The van der Waals surface area contributed by atoms with Crippen molar-refractivity contribution in [2.24, 2.45) is 4.99 Å². The number of pyridine rings is 1. The number of aliphatic imine (C=N–C) groups is 1. The highest BCUT2D eigenvalue weighted by atomic mass is 16.5. The predicted octanol–water partition coefficient (Wildman–Crippen LogP) is 1.70. The van der Waals surface area contributed by atoms with Gasteiger partial charge in [-0.25, -0.2) is 0 Å². The Morgan fingerprint density at radius 2 is 2.13 bits per heavy atom. The lowest BCUT2D eigenvalue weighted by Gasteiger charge is -2.12. The zero-order valence-electron chi connectivity index (χ0n) is 13.4. The van der Waals surface area contributed by atoms with Gasteiger partial charge in [0.1, 0.15) is 11.5 Å². The van der Waals surface area contributed by atoms with Crippen molar-refractivity contribution < 1.29 is 9.84 Å². The number of methoxy groups -OCH3 is 1. The average molecular weight is 314 g/mol. The third kappa shape index (κ3) is 5.18. The highest BCUT2D eigenvalue weighted by Crippen LogP contribution is 2.23. The van der Waals surface area contributed by atoms with Crippen LogP contribution < -0.4 is 15.4 Å². The van der Waals surface area contributed by atoms with E-state index in [2.05, 4.69) is 20.6 Å². The summed E-state index contributed by atoms with van der Waals surface area (Å²) < 4.78 is 5.07. The molecule has 3 N–H and O–H groups in total. The average Bonchev–Trinajstić information content (AvgIpc) is 2.60. The summed E-state index contributed by atoms with van der Waals surface area (Å²) in [4.78, 5) is 8.42. The molecule has 0 saturated carbocycles. The summed E-state index contributed by atoms with van der Waals surface area (Å²) in [6.07, 6.45) is 2.44. The predicted molar refractivity (Wildman–Crippen MR) is 90.8 cm³/mol. The second-order valence-electron chi connectivity index (χ2n) is 4.92. The molecule has 1 heterocycles. The maximum atomic E-state index is 9.94. The summed E-state index contributed by atoms with van der Waals surface area (Å²) >= 11 is 0. The molecule has 0 fully saturated rings. The molecule has 1 aromatic carbocycles. The van der Waals surface area contributed by atoms with Crippen molar-refractivity contribution in [1.82, 2.24) is 15.6 Å². The number of nitrogens with one attached hydrogen (secondary N) is 2. The number of aromatic hydroxyl groups is 1.